The van der Waals surface area contributed by atoms with Crippen LogP contribution < -0.4 is 5.32 Å². The molecule has 2 amide bonds. The minimum Gasteiger partial charge on any atom is -0.460 e. The second-order valence-corrected chi connectivity index (χ2v) is 6.96. The van der Waals surface area contributed by atoms with Gasteiger partial charge < -0.3 is 10.1 Å². The van der Waals surface area contributed by atoms with Crippen molar-refractivity contribution < 1.29 is 9.53 Å². The average Bonchev–Trinajstić information content (AvgIpc) is 2.84. The molecule has 0 radical (unpaired) electrons. The largest absolute Gasteiger partial charge is 0.460 e. The normalized spacial score (nSPS) is 25.3. The van der Waals surface area contributed by atoms with E-state index >= 15 is 0 Å². The monoisotopic (exact) mass is 332 g/mol. The van der Waals surface area contributed by atoms with Gasteiger partial charge in [0.2, 0.25) is 0 Å². The van der Waals surface area contributed by atoms with E-state index in [1.165, 1.54) is 24.8 Å². The predicted octanol–water partition coefficient (Wildman–Crippen LogP) is 4.08. The third-order valence-corrected chi connectivity index (χ3v) is 5.12. The second-order valence-electron chi connectivity index (χ2n) is 6.61. The molecule has 1 aliphatic carbocycles. The van der Waals surface area contributed by atoms with Gasteiger partial charge in [0.15, 0.2) is 0 Å². The number of carbonyl (C=O) groups is 1. The van der Waals surface area contributed by atoms with Crippen LogP contribution in [0.5, 0.6) is 0 Å². The summed E-state index contributed by atoms with van der Waals surface area (Å²) < 4.78 is 5.82. The van der Waals surface area contributed by atoms with E-state index in [0.29, 0.717) is 0 Å². The van der Waals surface area contributed by atoms with Crippen LogP contribution in [0.3, 0.4) is 0 Å². The van der Waals surface area contributed by atoms with Crippen LogP contribution >= 0.6 is 12.2 Å². The zero-order chi connectivity index (χ0) is 16.4. The van der Waals surface area contributed by atoms with Gasteiger partial charge in [-0.2, -0.15) is 0 Å². The molecular weight excluding hydrogens is 308 g/mol. The molecule has 23 heavy (non-hydrogen) atoms. The highest BCUT2D eigenvalue weighted by molar-refractivity contribution is 7.80. The van der Waals surface area contributed by atoms with Crippen molar-refractivity contribution in [2.45, 2.75) is 64.1 Å². The number of ether oxygens (including phenoxy) is 1. The molecule has 1 N–H and O–H groups in total. The van der Waals surface area contributed by atoms with Crippen molar-refractivity contribution in [2.75, 3.05) is 0 Å². The fourth-order valence-corrected chi connectivity index (χ4v) is 3.78. The Hall–Kier alpha value is -1.62. The number of urea groups is 1. The third kappa shape index (κ3) is 3.50. The summed E-state index contributed by atoms with van der Waals surface area (Å²) in [5, 5.41) is 3.40. The van der Waals surface area contributed by atoms with Crippen molar-refractivity contribution in [3.8, 4) is 0 Å². The van der Waals surface area contributed by atoms with E-state index in [0.717, 1.165) is 18.4 Å². The van der Waals surface area contributed by atoms with Crippen molar-refractivity contribution in [1.29, 1.82) is 0 Å². The molecule has 5 heteroatoms. The van der Waals surface area contributed by atoms with Crippen LogP contribution in [0.15, 0.2) is 24.3 Å². The lowest BCUT2D eigenvalue weighted by molar-refractivity contribution is 0.188. The first-order valence-electron chi connectivity index (χ1n) is 8.43. The van der Waals surface area contributed by atoms with Crippen LogP contribution in [0.1, 0.15) is 56.3 Å². The number of aryl methyl sites for hydroxylation is 1. The molecule has 3 rings (SSSR count). The minimum atomic E-state index is -0.194. The zero-order valence-corrected chi connectivity index (χ0v) is 14.6. The van der Waals surface area contributed by atoms with Crippen molar-refractivity contribution in [3.05, 3.63) is 35.4 Å². The molecule has 0 aromatic heterocycles. The first kappa shape index (κ1) is 16.2. The Morgan fingerprint density at radius 1 is 1.22 bits per heavy atom. The van der Waals surface area contributed by atoms with Gasteiger partial charge in [0.05, 0.1) is 6.04 Å². The molecule has 2 fully saturated rings. The fraction of sp³-hybridized carbons (Fsp3) is 0.556. The topological polar surface area (TPSA) is 41.6 Å². The van der Waals surface area contributed by atoms with Gasteiger partial charge in [0, 0.05) is 6.04 Å². The minimum absolute atomic E-state index is 0.103. The smallest absolute Gasteiger partial charge is 0.325 e. The molecule has 1 aromatic carbocycles. The van der Waals surface area contributed by atoms with Gasteiger partial charge in [0.1, 0.15) is 6.10 Å². The second kappa shape index (κ2) is 6.87. The molecule has 124 valence electrons. The number of benzene rings is 1. The van der Waals surface area contributed by atoms with Gasteiger partial charge in [-0.1, -0.05) is 49.1 Å². The number of hydrogen-bond acceptors (Lipinski definition) is 3. The molecule has 0 bridgehead atoms. The summed E-state index contributed by atoms with van der Waals surface area (Å²) in [6, 6.07) is 8.24. The van der Waals surface area contributed by atoms with Crippen LogP contribution in [0.4, 0.5) is 4.79 Å². The van der Waals surface area contributed by atoms with E-state index in [4.69, 9.17) is 17.0 Å². The first-order chi connectivity index (χ1) is 11.1. The number of thiocarbonyl (C=S) groups is 1. The molecule has 1 saturated heterocycles. The van der Waals surface area contributed by atoms with Gasteiger partial charge in [-0.25, -0.2) is 9.69 Å². The number of nitrogens with one attached hydrogen (secondary N) is 1. The Bertz CT molecular complexity index is 581. The standard InChI is InChI=1S/C18H24N2O2S/c1-12-8-10-14(11-9-12)16-13(2)20(18(23)22-16)17(21)19-15-6-4-3-5-7-15/h8-11,13,15-16H,3-7H2,1-2H3,(H,19,21)/t13-,16+/m1/s1. The van der Waals surface area contributed by atoms with Crippen LogP contribution in [0.2, 0.25) is 0 Å². The summed E-state index contributed by atoms with van der Waals surface area (Å²) in [7, 11) is 0. The van der Waals surface area contributed by atoms with E-state index in [1.807, 2.05) is 19.1 Å². The van der Waals surface area contributed by atoms with Gasteiger partial charge >= 0.3 is 6.03 Å². The maximum Gasteiger partial charge on any atom is 0.325 e. The molecule has 1 heterocycles. The van der Waals surface area contributed by atoms with E-state index < -0.39 is 0 Å². The Kier molecular flexibility index (Phi) is 4.85. The van der Waals surface area contributed by atoms with Crippen molar-refractivity contribution >= 4 is 23.4 Å². The average molecular weight is 332 g/mol. The summed E-state index contributed by atoms with van der Waals surface area (Å²) in [6.45, 7) is 4.04. The number of nitrogens with zero attached hydrogens (tertiary/aromatic N) is 1. The Labute approximate surface area is 143 Å². The predicted molar refractivity (Wildman–Crippen MR) is 94.3 cm³/mol. The Balaban J connectivity index is 1.69. The summed E-state index contributed by atoms with van der Waals surface area (Å²) in [4.78, 5) is 14.2. The Morgan fingerprint density at radius 2 is 1.87 bits per heavy atom. The van der Waals surface area contributed by atoms with Crippen LogP contribution in [-0.2, 0) is 4.74 Å². The maximum atomic E-state index is 12.6. The SMILES string of the molecule is Cc1ccc([C@H]2OC(=S)N(C(=O)NC3CCCCC3)[C@@H]2C)cc1. The lowest BCUT2D eigenvalue weighted by Crippen LogP contribution is -2.48. The molecule has 1 aliphatic heterocycles. The highest BCUT2D eigenvalue weighted by Gasteiger charge is 2.41. The van der Waals surface area contributed by atoms with E-state index in [2.05, 4.69) is 24.4 Å². The highest BCUT2D eigenvalue weighted by Crippen LogP contribution is 2.33. The molecule has 1 saturated carbocycles. The molecule has 1 aromatic rings. The van der Waals surface area contributed by atoms with Crippen molar-refractivity contribution in [1.82, 2.24) is 10.2 Å². The quantitative estimate of drug-likeness (QED) is 0.830. The summed E-state index contributed by atoms with van der Waals surface area (Å²) in [5.74, 6) is 0. The highest BCUT2D eigenvalue weighted by atomic mass is 32.1. The number of rotatable bonds is 2. The van der Waals surface area contributed by atoms with E-state index in [9.17, 15) is 4.79 Å². The van der Waals surface area contributed by atoms with E-state index in [-0.39, 0.29) is 29.4 Å². The molecule has 4 nitrogen and oxygen atoms in total. The lowest BCUT2D eigenvalue weighted by Gasteiger charge is -2.27. The van der Waals surface area contributed by atoms with Gasteiger partial charge in [-0.05, 0) is 44.5 Å². The van der Waals surface area contributed by atoms with Crippen LogP contribution in [0, 0.1) is 6.92 Å². The third-order valence-electron chi connectivity index (χ3n) is 4.83. The molecule has 0 unspecified atom stereocenters. The van der Waals surface area contributed by atoms with Gasteiger partial charge in [0.25, 0.3) is 5.17 Å². The van der Waals surface area contributed by atoms with Crippen LogP contribution in [0.25, 0.3) is 0 Å². The molecule has 0 spiro atoms. The summed E-state index contributed by atoms with van der Waals surface area (Å²) in [5.41, 5.74) is 2.26. The molecule has 2 aliphatic rings. The van der Waals surface area contributed by atoms with Crippen molar-refractivity contribution in [2.24, 2.45) is 0 Å². The number of amides is 2. The molecular formula is C18H24N2O2S. The maximum absolute atomic E-state index is 12.6. The number of hydrogen-bond donors (Lipinski definition) is 1. The van der Waals surface area contributed by atoms with E-state index in [1.54, 1.807) is 4.90 Å². The molecule has 2 atom stereocenters. The lowest BCUT2D eigenvalue weighted by atomic mass is 9.96. The van der Waals surface area contributed by atoms with Crippen LogP contribution in [-0.4, -0.2) is 28.2 Å². The number of carbonyl (C=O) groups excluding carboxylic acids is 1. The summed E-state index contributed by atoms with van der Waals surface area (Å²) in [6.07, 6.45) is 5.57. The Morgan fingerprint density at radius 3 is 2.52 bits per heavy atom. The van der Waals surface area contributed by atoms with Gasteiger partial charge in [-0.15, -0.1) is 0 Å². The van der Waals surface area contributed by atoms with Crippen molar-refractivity contribution in [3.63, 3.8) is 0 Å². The fourth-order valence-electron chi connectivity index (χ4n) is 3.43. The zero-order valence-electron chi connectivity index (χ0n) is 13.7. The van der Waals surface area contributed by atoms with Gasteiger partial charge in [-0.3, -0.25) is 0 Å². The first-order valence-corrected chi connectivity index (χ1v) is 8.84. The summed E-state index contributed by atoms with van der Waals surface area (Å²) >= 11 is 5.31.